The lowest BCUT2D eigenvalue weighted by Gasteiger charge is -2.35. The number of hydrogen-bond acceptors (Lipinski definition) is 1. The van der Waals surface area contributed by atoms with Crippen LogP contribution in [0, 0.1) is 0 Å². The molecule has 1 heterocycles. The topological polar surface area (TPSA) is 12.0 Å². The van der Waals surface area contributed by atoms with Gasteiger partial charge in [-0.2, -0.15) is 0 Å². The highest BCUT2D eigenvalue weighted by Crippen LogP contribution is 2.35. The average molecular weight is 265 g/mol. The van der Waals surface area contributed by atoms with Gasteiger partial charge in [0, 0.05) is 12.5 Å². The first kappa shape index (κ1) is 11.5. The van der Waals surface area contributed by atoms with Crippen molar-refractivity contribution >= 4 is 34.8 Å². The van der Waals surface area contributed by atoms with Crippen molar-refractivity contribution in [2.24, 2.45) is 0 Å². The minimum absolute atomic E-state index is 0.0609. The first-order valence-corrected chi connectivity index (χ1v) is 6.21. The van der Waals surface area contributed by atoms with Gasteiger partial charge in [0.2, 0.25) is 0 Å². The molecule has 1 nitrogen and oxygen atoms in total. The van der Waals surface area contributed by atoms with E-state index in [4.69, 9.17) is 34.8 Å². The predicted octanol–water partition coefficient (Wildman–Crippen LogP) is 3.15. The van der Waals surface area contributed by atoms with E-state index in [1.54, 1.807) is 0 Å². The molecule has 1 aliphatic rings. The van der Waals surface area contributed by atoms with Gasteiger partial charge in [-0.05, 0) is 5.56 Å². The standard InChI is InChI=1S/C11H12Cl3N/c12-8-6-15-11(14)9(10(8)13)7-4-2-1-3-5-7/h1-5,8-11,15H,6H2. The summed E-state index contributed by atoms with van der Waals surface area (Å²) in [5, 5.41) is 2.96. The van der Waals surface area contributed by atoms with Gasteiger partial charge in [0.15, 0.2) is 0 Å². The third kappa shape index (κ3) is 2.42. The molecule has 1 aromatic rings. The van der Waals surface area contributed by atoms with E-state index < -0.39 is 0 Å². The van der Waals surface area contributed by atoms with Crippen LogP contribution in [0.5, 0.6) is 0 Å². The maximum atomic E-state index is 6.31. The second-order valence-electron chi connectivity index (χ2n) is 3.71. The van der Waals surface area contributed by atoms with Gasteiger partial charge in [0.1, 0.15) is 0 Å². The molecule has 1 aromatic carbocycles. The third-order valence-electron chi connectivity index (χ3n) is 2.70. The van der Waals surface area contributed by atoms with Crippen LogP contribution in [0.3, 0.4) is 0 Å². The summed E-state index contributed by atoms with van der Waals surface area (Å²) in [5.74, 6) is 0.0609. The Morgan fingerprint density at radius 1 is 1.07 bits per heavy atom. The van der Waals surface area contributed by atoms with Gasteiger partial charge >= 0.3 is 0 Å². The van der Waals surface area contributed by atoms with Gasteiger partial charge in [-0.25, -0.2) is 0 Å². The Bertz CT molecular complexity index is 317. The van der Waals surface area contributed by atoms with Crippen LogP contribution in [-0.4, -0.2) is 22.8 Å². The minimum atomic E-state index is -0.148. The molecular formula is C11H12Cl3N. The summed E-state index contributed by atoms with van der Waals surface area (Å²) < 4.78 is 0. The number of nitrogens with one attached hydrogen (secondary N) is 1. The monoisotopic (exact) mass is 263 g/mol. The van der Waals surface area contributed by atoms with Crippen molar-refractivity contribution < 1.29 is 0 Å². The predicted molar refractivity (Wildman–Crippen MR) is 66.1 cm³/mol. The van der Waals surface area contributed by atoms with Crippen LogP contribution in [0.2, 0.25) is 0 Å². The molecule has 15 heavy (non-hydrogen) atoms. The van der Waals surface area contributed by atoms with Crippen molar-refractivity contribution in [2.75, 3.05) is 6.54 Å². The Morgan fingerprint density at radius 2 is 1.73 bits per heavy atom. The van der Waals surface area contributed by atoms with Gasteiger partial charge in [0.05, 0.1) is 16.3 Å². The molecule has 1 saturated heterocycles. The first-order chi connectivity index (χ1) is 7.20. The van der Waals surface area contributed by atoms with E-state index in [-0.39, 0.29) is 22.2 Å². The highest BCUT2D eigenvalue weighted by molar-refractivity contribution is 6.31. The van der Waals surface area contributed by atoms with Crippen LogP contribution < -0.4 is 5.32 Å². The summed E-state index contributed by atoms with van der Waals surface area (Å²) in [6.45, 7) is 0.660. The van der Waals surface area contributed by atoms with Crippen LogP contribution in [-0.2, 0) is 0 Å². The number of rotatable bonds is 1. The van der Waals surface area contributed by atoms with E-state index in [9.17, 15) is 0 Å². The SMILES string of the molecule is ClC1CNC(Cl)C(c2ccccc2)C1Cl. The molecule has 1 fully saturated rings. The normalized spacial score (nSPS) is 36.5. The van der Waals surface area contributed by atoms with Crippen molar-refractivity contribution in [3.05, 3.63) is 35.9 Å². The first-order valence-electron chi connectivity index (χ1n) is 4.90. The summed E-state index contributed by atoms with van der Waals surface area (Å²) in [6, 6.07) is 10.0. The Hall–Kier alpha value is 0.0500. The quantitative estimate of drug-likeness (QED) is 0.607. The Kier molecular flexibility index (Phi) is 3.78. The molecule has 0 aromatic heterocycles. The van der Waals surface area contributed by atoms with Crippen LogP contribution in [0.4, 0.5) is 0 Å². The summed E-state index contributed by atoms with van der Waals surface area (Å²) in [6.07, 6.45) is 0. The van der Waals surface area contributed by atoms with Gasteiger partial charge < -0.3 is 0 Å². The lowest BCUT2D eigenvalue weighted by Crippen LogP contribution is -2.48. The molecule has 4 unspecified atom stereocenters. The second kappa shape index (κ2) is 4.92. The highest BCUT2D eigenvalue weighted by Gasteiger charge is 2.37. The van der Waals surface area contributed by atoms with Crippen molar-refractivity contribution in [3.8, 4) is 0 Å². The maximum absolute atomic E-state index is 6.31. The Morgan fingerprint density at radius 3 is 2.40 bits per heavy atom. The Labute approximate surface area is 105 Å². The third-order valence-corrected chi connectivity index (χ3v) is 4.25. The smallest absolute Gasteiger partial charge is 0.0910 e. The minimum Gasteiger partial charge on any atom is -0.299 e. The van der Waals surface area contributed by atoms with Crippen LogP contribution >= 0.6 is 34.8 Å². The van der Waals surface area contributed by atoms with Crippen LogP contribution in [0.15, 0.2) is 30.3 Å². The van der Waals surface area contributed by atoms with Gasteiger partial charge in [-0.1, -0.05) is 30.3 Å². The van der Waals surface area contributed by atoms with E-state index in [0.29, 0.717) is 6.54 Å². The molecular weight excluding hydrogens is 252 g/mol. The molecule has 0 radical (unpaired) electrons. The van der Waals surface area contributed by atoms with Gasteiger partial charge in [-0.3, -0.25) is 5.32 Å². The van der Waals surface area contributed by atoms with Gasteiger partial charge in [0.25, 0.3) is 0 Å². The van der Waals surface area contributed by atoms with E-state index in [1.165, 1.54) is 0 Å². The average Bonchev–Trinajstić information content (AvgIpc) is 2.26. The summed E-state index contributed by atoms with van der Waals surface area (Å²) in [7, 11) is 0. The van der Waals surface area contributed by atoms with E-state index in [0.717, 1.165) is 5.56 Å². The molecule has 0 saturated carbocycles. The summed E-state index contributed by atoms with van der Waals surface area (Å²) in [5.41, 5.74) is 0.986. The number of alkyl halides is 3. The highest BCUT2D eigenvalue weighted by atomic mass is 35.5. The molecule has 1 N–H and O–H groups in total. The molecule has 4 atom stereocenters. The maximum Gasteiger partial charge on any atom is 0.0910 e. The zero-order valence-corrected chi connectivity index (χ0v) is 10.3. The van der Waals surface area contributed by atoms with Crippen LogP contribution in [0.1, 0.15) is 11.5 Å². The van der Waals surface area contributed by atoms with Crippen LogP contribution in [0.25, 0.3) is 0 Å². The summed E-state index contributed by atoms with van der Waals surface area (Å²) >= 11 is 18.7. The lowest BCUT2D eigenvalue weighted by atomic mass is 9.90. The zero-order chi connectivity index (χ0) is 10.8. The van der Waals surface area contributed by atoms with E-state index in [1.807, 2.05) is 30.3 Å². The molecule has 0 spiro atoms. The molecule has 82 valence electrons. The molecule has 4 heteroatoms. The fraction of sp³-hybridized carbons (Fsp3) is 0.455. The Balaban J connectivity index is 2.25. The van der Waals surface area contributed by atoms with Gasteiger partial charge in [-0.15, -0.1) is 34.8 Å². The molecule has 0 amide bonds. The molecule has 1 aliphatic heterocycles. The van der Waals surface area contributed by atoms with Crippen molar-refractivity contribution in [1.82, 2.24) is 5.32 Å². The lowest BCUT2D eigenvalue weighted by molar-refractivity contribution is 0.440. The van der Waals surface area contributed by atoms with Crippen molar-refractivity contribution in [2.45, 2.75) is 22.2 Å². The van der Waals surface area contributed by atoms with Crippen molar-refractivity contribution in [1.29, 1.82) is 0 Å². The fourth-order valence-electron chi connectivity index (χ4n) is 1.88. The second-order valence-corrected chi connectivity index (χ2v) is 5.24. The molecule has 0 bridgehead atoms. The number of hydrogen-bond donors (Lipinski definition) is 1. The van der Waals surface area contributed by atoms with Crippen molar-refractivity contribution in [3.63, 3.8) is 0 Å². The summed E-state index contributed by atoms with van der Waals surface area (Å²) in [4.78, 5) is 0. The fourth-order valence-corrected chi connectivity index (χ4v) is 2.97. The van der Waals surface area contributed by atoms with E-state index >= 15 is 0 Å². The number of benzene rings is 1. The van der Waals surface area contributed by atoms with E-state index in [2.05, 4.69) is 5.32 Å². The number of halogens is 3. The largest absolute Gasteiger partial charge is 0.299 e. The molecule has 0 aliphatic carbocycles. The molecule has 2 rings (SSSR count). The number of piperidine rings is 1. The zero-order valence-electron chi connectivity index (χ0n) is 8.04.